The van der Waals surface area contributed by atoms with Crippen molar-refractivity contribution in [2.45, 2.75) is 58.3 Å². The number of rotatable bonds is 3. The van der Waals surface area contributed by atoms with Gasteiger partial charge >= 0.3 is 0 Å². The molecule has 22 heavy (non-hydrogen) atoms. The Hall–Kier alpha value is -1.31. The molecular weight excluding hydrogens is 270 g/mol. The first-order valence-electron chi connectivity index (χ1n) is 8.95. The van der Waals surface area contributed by atoms with Gasteiger partial charge in [0.25, 0.3) is 0 Å². The average Bonchev–Trinajstić information content (AvgIpc) is 2.46. The summed E-state index contributed by atoms with van der Waals surface area (Å²) in [5, 5.41) is 3.23. The maximum absolute atomic E-state index is 13.0. The summed E-state index contributed by atoms with van der Waals surface area (Å²) in [7, 11) is 0. The highest BCUT2D eigenvalue weighted by Gasteiger charge is 2.54. The molecule has 1 aromatic rings. The Morgan fingerprint density at radius 1 is 1.00 bits per heavy atom. The Labute approximate surface area is 133 Å². The molecule has 4 aliphatic carbocycles. The number of hydrogen-bond donors (Lipinski definition) is 1. The highest BCUT2D eigenvalue weighted by Crippen LogP contribution is 2.60. The zero-order valence-corrected chi connectivity index (χ0v) is 13.8. The van der Waals surface area contributed by atoms with Crippen molar-refractivity contribution in [2.24, 2.45) is 23.2 Å². The van der Waals surface area contributed by atoms with Crippen molar-refractivity contribution in [3.05, 3.63) is 29.8 Å². The van der Waals surface area contributed by atoms with Crippen LogP contribution < -0.4 is 5.32 Å². The lowest BCUT2D eigenvalue weighted by molar-refractivity contribution is -0.140. The van der Waals surface area contributed by atoms with E-state index in [1.54, 1.807) is 0 Å². The van der Waals surface area contributed by atoms with Crippen molar-refractivity contribution in [3.8, 4) is 0 Å². The summed E-state index contributed by atoms with van der Waals surface area (Å²) in [6, 6.07) is 8.40. The van der Waals surface area contributed by atoms with Crippen LogP contribution in [0.5, 0.6) is 0 Å². The Bertz CT molecular complexity index is 537. The molecule has 1 N–H and O–H groups in total. The summed E-state index contributed by atoms with van der Waals surface area (Å²) in [5.41, 5.74) is 2.24. The molecule has 1 aromatic carbocycles. The van der Waals surface area contributed by atoms with Crippen LogP contribution in [0.3, 0.4) is 0 Å². The molecule has 118 valence electrons. The molecule has 1 amide bonds. The van der Waals surface area contributed by atoms with Crippen LogP contribution in [0.1, 0.15) is 63.9 Å². The number of benzene rings is 1. The molecule has 0 aliphatic heterocycles. The van der Waals surface area contributed by atoms with Gasteiger partial charge in [-0.15, -0.1) is 0 Å². The summed E-state index contributed by atoms with van der Waals surface area (Å²) >= 11 is 0. The lowest BCUT2D eigenvalue weighted by Crippen LogP contribution is -2.51. The van der Waals surface area contributed by atoms with E-state index in [-0.39, 0.29) is 5.41 Å². The van der Waals surface area contributed by atoms with E-state index in [2.05, 4.69) is 43.4 Å². The summed E-state index contributed by atoms with van der Waals surface area (Å²) in [5.74, 6) is 3.29. The van der Waals surface area contributed by atoms with Crippen LogP contribution in [0.15, 0.2) is 24.3 Å². The first kappa shape index (κ1) is 14.3. The molecule has 4 aliphatic rings. The fourth-order valence-corrected chi connectivity index (χ4v) is 5.60. The molecule has 2 heteroatoms. The zero-order chi connectivity index (χ0) is 15.3. The molecule has 5 rings (SSSR count). The first-order chi connectivity index (χ1) is 10.5. The topological polar surface area (TPSA) is 29.1 Å². The van der Waals surface area contributed by atoms with Gasteiger partial charge in [0.1, 0.15) is 0 Å². The maximum Gasteiger partial charge on any atom is 0.230 e. The van der Waals surface area contributed by atoms with Gasteiger partial charge in [0.05, 0.1) is 5.41 Å². The Balaban J connectivity index is 1.50. The monoisotopic (exact) mass is 297 g/mol. The second-order valence-electron chi connectivity index (χ2n) is 8.43. The van der Waals surface area contributed by atoms with Crippen LogP contribution in [-0.2, 0) is 4.79 Å². The van der Waals surface area contributed by atoms with Gasteiger partial charge in [-0.05, 0) is 79.9 Å². The largest absolute Gasteiger partial charge is 0.326 e. The van der Waals surface area contributed by atoms with E-state index >= 15 is 0 Å². The maximum atomic E-state index is 13.0. The second-order valence-corrected chi connectivity index (χ2v) is 8.43. The highest BCUT2D eigenvalue weighted by molar-refractivity contribution is 5.95. The van der Waals surface area contributed by atoms with Gasteiger partial charge in [-0.1, -0.05) is 26.0 Å². The Morgan fingerprint density at radius 3 is 1.95 bits per heavy atom. The Morgan fingerprint density at radius 2 is 1.50 bits per heavy atom. The summed E-state index contributed by atoms with van der Waals surface area (Å²) in [6.07, 6.45) is 7.56. The fourth-order valence-electron chi connectivity index (χ4n) is 5.60. The standard InChI is InChI=1S/C20H27NO/c1-13(2)17-3-5-18(6-4-17)21-19(22)20-10-14-7-15(11-20)9-16(8-14)12-20/h3-6,13-16H,7-12H2,1-2H3,(H,21,22). The van der Waals surface area contributed by atoms with Crippen molar-refractivity contribution in [1.29, 1.82) is 0 Å². The third-order valence-corrected chi connectivity index (χ3v) is 6.36. The van der Waals surface area contributed by atoms with Crippen molar-refractivity contribution < 1.29 is 4.79 Å². The van der Waals surface area contributed by atoms with E-state index in [0.29, 0.717) is 11.8 Å². The van der Waals surface area contributed by atoms with Gasteiger partial charge < -0.3 is 5.32 Å². The van der Waals surface area contributed by atoms with Gasteiger partial charge in [0.2, 0.25) is 5.91 Å². The normalized spacial score (nSPS) is 35.9. The summed E-state index contributed by atoms with van der Waals surface area (Å²) < 4.78 is 0. The minimum atomic E-state index is -0.0501. The Kier molecular flexibility index (Phi) is 3.32. The zero-order valence-electron chi connectivity index (χ0n) is 13.8. The number of nitrogens with one attached hydrogen (secondary N) is 1. The summed E-state index contributed by atoms with van der Waals surface area (Å²) in [4.78, 5) is 13.0. The smallest absolute Gasteiger partial charge is 0.230 e. The van der Waals surface area contributed by atoms with Gasteiger partial charge in [-0.2, -0.15) is 0 Å². The molecule has 4 saturated carbocycles. The SMILES string of the molecule is CC(C)c1ccc(NC(=O)C23CC4CC(CC(C4)C2)C3)cc1. The van der Waals surface area contributed by atoms with Crippen LogP contribution in [0.2, 0.25) is 0 Å². The minimum Gasteiger partial charge on any atom is -0.326 e. The average molecular weight is 297 g/mol. The lowest BCUT2D eigenvalue weighted by atomic mass is 9.49. The number of carbonyl (C=O) groups is 1. The third-order valence-electron chi connectivity index (χ3n) is 6.36. The highest BCUT2D eigenvalue weighted by atomic mass is 16.2. The number of carbonyl (C=O) groups excluding carboxylic acids is 1. The van der Waals surface area contributed by atoms with Crippen molar-refractivity contribution in [1.82, 2.24) is 0 Å². The van der Waals surface area contributed by atoms with Crippen LogP contribution in [0.4, 0.5) is 5.69 Å². The van der Waals surface area contributed by atoms with Gasteiger partial charge in [0.15, 0.2) is 0 Å². The van der Waals surface area contributed by atoms with Crippen LogP contribution in [0, 0.1) is 23.2 Å². The second kappa shape index (κ2) is 5.11. The van der Waals surface area contributed by atoms with Crippen LogP contribution in [0.25, 0.3) is 0 Å². The predicted octanol–water partition coefficient (Wildman–Crippen LogP) is 4.96. The van der Waals surface area contributed by atoms with E-state index in [1.165, 1.54) is 24.8 Å². The van der Waals surface area contributed by atoms with Crippen molar-refractivity contribution in [3.63, 3.8) is 0 Å². The molecule has 0 radical (unpaired) electrons. The number of hydrogen-bond acceptors (Lipinski definition) is 1. The van der Waals surface area contributed by atoms with E-state index in [0.717, 1.165) is 42.7 Å². The molecule has 4 bridgehead atoms. The van der Waals surface area contributed by atoms with Gasteiger partial charge in [-0.25, -0.2) is 0 Å². The molecular formula is C20H27NO. The molecule has 0 saturated heterocycles. The fraction of sp³-hybridized carbons (Fsp3) is 0.650. The van der Waals surface area contributed by atoms with E-state index in [4.69, 9.17) is 0 Å². The van der Waals surface area contributed by atoms with Crippen molar-refractivity contribution >= 4 is 11.6 Å². The van der Waals surface area contributed by atoms with Crippen LogP contribution >= 0.6 is 0 Å². The van der Waals surface area contributed by atoms with E-state index in [9.17, 15) is 4.79 Å². The molecule has 0 aromatic heterocycles. The molecule has 0 heterocycles. The van der Waals surface area contributed by atoms with Crippen LogP contribution in [-0.4, -0.2) is 5.91 Å². The number of amides is 1. The van der Waals surface area contributed by atoms with E-state index in [1.807, 2.05) is 0 Å². The predicted molar refractivity (Wildman–Crippen MR) is 89.8 cm³/mol. The van der Waals surface area contributed by atoms with Crippen molar-refractivity contribution in [2.75, 3.05) is 5.32 Å². The van der Waals surface area contributed by atoms with Gasteiger partial charge in [-0.3, -0.25) is 4.79 Å². The molecule has 0 unspecified atom stereocenters. The molecule has 4 fully saturated rings. The van der Waals surface area contributed by atoms with Gasteiger partial charge in [0, 0.05) is 5.69 Å². The first-order valence-corrected chi connectivity index (χ1v) is 8.95. The third kappa shape index (κ3) is 2.37. The minimum absolute atomic E-state index is 0.0501. The lowest BCUT2D eigenvalue weighted by Gasteiger charge is -2.55. The quantitative estimate of drug-likeness (QED) is 0.839. The number of anilines is 1. The summed E-state index contributed by atoms with van der Waals surface area (Å²) in [6.45, 7) is 4.39. The molecule has 0 atom stereocenters. The van der Waals surface area contributed by atoms with E-state index < -0.39 is 0 Å². The molecule has 2 nitrogen and oxygen atoms in total. The molecule has 0 spiro atoms.